The molecule has 0 aromatic rings. The molecule has 94 valence electrons. The van der Waals surface area contributed by atoms with Crippen molar-refractivity contribution in [1.29, 1.82) is 5.26 Å². The van der Waals surface area contributed by atoms with Crippen LogP contribution in [0.5, 0.6) is 0 Å². The minimum Gasteiger partial charge on any atom is -0.303 e. The predicted molar refractivity (Wildman–Crippen MR) is 70.3 cm³/mol. The summed E-state index contributed by atoms with van der Waals surface area (Å²) in [4.78, 5) is 2.66. The van der Waals surface area contributed by atoms with Gasteiger partial charge in [0.15, 0.2) is 0 Å². The molecule has 0 N–H and O–H groups in total. The molecular weight excluding hydrogens is 196 g/mol. The van der Waals surface area contributed by atoms with Crippen LogP contribution in [0.25, 0.3) is 0 Å². The van der Waals surface area contributed by atoms with E-state index < -0.39 is 0 Å². The van der Waals surface area contributed by atoms with Crippen LogP contribution < -0.4 is 0 Å². The van der Waals surface area contributed by atoms with Gasteiger partial charge in [-0.1, -0.05) is 45.4 Å². The fraction of sp³-hybridized carbons (Fsp3) is 0.929. The van der Waals surface area contributed by atoms with Crippen LogP contribution in [0.3, 0.4) is 0 Å². The number of hydrogen-bond donors (Lipinski definition) is 0. The molecule has 0 atom stereocenters. The lowest BCUT2D eigenvalue weighted by atomic mass is 10.1. The Hall–Kier alpha value is -0.550. The quantitative estimate of drug-likeness (QED) is 0.612. The summed E-state index contributed by atoms with van der Waals surface area (Å²) in [5.74, 6) is 0. The topological polar surface area (TPSA) is 27.0 Å². The molecule has 1 rings (SSSR count). The molecule has 0 aromatic heterocycles. The van der Waals surface area contributed by atoms with Crippen molar-refractivity contribution in [3.63, 3.8) is 0 Å². The Morgan fingerprint density at radius 3 is 2.06 bits per heavy atom. The molecule has 1 saturated heterocycles. The van der Waals surface area contributed by atoms with Crippen molar-refractivity contribution < 1.29 is 0 Å². The van der Waals surface area contributed by atoms with E-state index in [4.69, 9.17) is 5.26 Å². The van der Waals surface area contributed by atoms with Gasteiger partial charge in [-0.25, -0.2) is 5.26 Å². The molecule has 2 nitrogen and oxygen atoms in total. The van der Waals surface area contributed by atoms with Crippen LogP contribution >= 0.6 is 0 Å². The fourth-order valence-electron chi connectivity index (χ4n) is 2.30. The molecule has 1 heterocycles. The van der Waals surface area contributed by atoms with E-state index in [0.717, 1.165) is 0 Å². The second-order valence-corrected chi connectivity index (χ2v) is 4.67. The van der Waals surface area contributed by atoms with Crippen molar-refractivity contribution >= 4 is 0 Å². The van der Waals surface area contributed by atoms with Crippen LogP contribution in [-0.2, 0) is 0 Å². The van der Waals surface area contributed by atoms with E-state index in [9.17, 15) is 0 Å². The van der Waals surface area contributed by atoms with E-state index in [1.54, 1.807) is 0 Å². The predicted octanol–water partition coefficient (Wildman–Crippen LogP) is 3.97. The van der Waals surface area contributed by atoms with Crippen LogP contribution in [0.2, 0.25) is 0 Å². The molecule has 0 bridgehead atoms. The third-order valence-electron chi connectivity index (χ3n) is 3.28. The lowest BCUT2D eigenvalue weighted by molar-refractivity contribution is 0.224. The zero-order valence-electron chi connectivity index (χ0n) is 11.0. The summed E-state index contributed by atoms with van der Waals surface area (Å²) in [6, 6.07) is 0. The highest BCUT2D eigenvalue weighted by Gasteiger charge is 2.08. The first-order chi connectivity index (χ1) is 7.93. The van der Waals surface area contributed by atoms with Gasteiger partial charge < -0.3 is 4.90 Å². The van der Waals surface area contributed by atoms with Crippen LogP contribution in [0.1, 0.15) is 64.7 Å². The van der Waals surface area contributed by atoms with Crippen molar-refractivity contribution in [3.05, 3.63) is 0 Å². The molecule has 16 heavy (non-hydrogen) atoms. The maximum absolute atomic E-state index is 6.50. The van der Waals surface area contributed by atoms with E-state index in [-0.39, 0.29) is 0 Å². The largest absolute Gasteiger partial charge is 0.303 e. The summed E-state index contributed by atoms with van der Waals surface area (Å²) < 4.78 is 0. The molecule has 1 aliphatic rings. The Kier molecular flexibility index (Phi) is 12.1. The van der Waals surface area contributed by atoms with Crippen molar-refractivity contribution in [1.82, 2.24) is 4.90 Å². The summed E-state index contributed by atoms with van der Waals surface area (Å²) in [5, 5.41) is 6.50. The number of nitrogens with zero attached hydrogens (tertiary/aromatic N) is 2. The molecule has 0 saturated carbocycles. The van der Waals surface area contributed by atoms with Gasteiger partial charge in [0.05, 0.1) is 0 Å². The molecule has 0 aliphatic carbocycles. The average molecular weight is 224 g/mol. The zero-order valence-corrected chi connectivity index (χ0v) is 11.0. The van der Waals surface area contributed by atoms with Crippen molar-refractivity contribution in [3.8, 4) is 6.57 Å². The van der Waals surface area contributed by atoms with Crippen LogP contribution in [-0.4, -0.2) is 24.5 Å². The molecule has 0 aromatic carbocycles. The van der Waals surface area contributed by atoms with Crippen molar-refractivity contribution in [2.24, 2.45) is 0 Å². The monoisotopic (exact) mass is 224 g/mol. The van der Waals surface area contributed by atoms with E-state index in [0.29, 0.717) is 0 Å². The molecule has 2 heteroatoms. The molecule has 0 unspecified atom stereocenters. The summed E-state index contributed by atoms with van der Waals surface area (Å²) in [6.45, 7) is 9.89. The number of unbranched alkanes of at least 4 members (excludes halogenated alkanes) is 5. The SMILES string of the molecule is C#N.CCCCCCCCN1CCCCC1. The molecule has 0 spiro atoms. The Labute approximate surface area is 102 Å². The Morgan fingerprint density at radius 1 is 0.875 bits per heavy atom. The maximum Gasteiger partial charge on any atom is 0.0462 e. The van der Waals surface area contributed by atoms with E-state index in [1.807, 2.05) is 0 Å². The summed E-state index contributed by atoms with van der Waals surface area (Å²) in [6.07, 6.45) is 13.0. The molecular formula is C14H28N2. The molecule has 1 aliphatic heterocycles. The molecule has 1 fully saturated rings. The van der Waals surface area contributed by atoms with E-state index in [1.165, 1.54) is 77.4 Å². The molecule has 0 radical (unpaired) electrons. The van der Waals surface area contributed by atoms with Gasteiger partial charge in [0.1, 0.15) is 0 Å². The van der Waals surface area contributed by atoms with Gasteiger partial charge in [0.2, 0.25) is 0 Å². The van der Waals surface area contributed by atoms with Gasteiger partial charge >= 0.3 is 0 Å². The third kappa shape index (κ3) is 8.73. The molecule has 0 amide bonds. The second-order valence-electron chi connectivity index (χ2n) is 4.67. The minimum absolute atomic E-state index is 1.37. The Balaban J connectivity index is 0.00000106. The number of piperidine rings is 1. The van der Waals surface area contributed by atoms with Crippen LogP contribution in [0.4, 0.5) is 0 Å². The first kappa shape index (κ1) is 15.4. The second kappa shape index (κ2) is 12.5. The highest BCUT2D eigenvalue weighted by Crippen LogP contribution is 2.11. The maximum atomic E-state index is 6.50. The summed E-state index contributed by atoms with van der Waals surface area (Å²) in [5.41, 5.74) is 0. The average Bonchev–Trinajstić information content (AvgIpc) is 2.37. The first-order valence-corrected chi connectivity index (χ1v) is 6.91. The van der Waals surface area contributed by atoms with Gasteiger partial charge in [-0.05, 0) is 38.9 Å². The lowest BCUT2D eigenvalue weighted by Gasteiger charge is -2.26. The highest BCUT2D eigenvalue weighted by molar-refractivity contribution is 4.64. The van der Waals surface area contributed by atoms with Crippen LogP contribution in [0, 0.1) is 11.8 Å². The number of rotatable bonds is 7. The van der Waals surface area contributed by atoms with Gasteiger partial charge in [0, 0.05) is 6.57 Å². The van der Waals surface area contributed by atoms with Gasteiger partial charge in [-0.2, -0.15) is 0 Å². The number of likely N-dealkylation sites (tertiary alicyclic amines) is 1. The lowest BCUT2D eigenvalue weighted by Crippen LogP contribution is -2.30. The van der Waals surface area contributed by atoms with Gasteiger partial charge in [-0.3, -0.25) is 0 Å². The summed E-state index contributed by atoms with van der Waals surface area (Å²) >= 11 is 0. The van der Waals surface area contributed by atoms with Gasteiger partial charge in [-0.15, -0.1) is 0 Å². The standard InChI is InChI=1S/C13H27N.CHN/c1-2-3-4-5-6-8-11-14-12-9-7-10-13-14;1-2/h2-13H2,1H3;1H. The van der Waals surface area contributed by atoms with Gasteiger partial charge in [0.25, 0.3) is 0 Å². The number of hydrogen-bond acceptors (Lipinski definition) is 2. The highest BCUT2D eigenvalue weighted by atomic mass is 15.1. The smallest absolute Gasteiger partial charge is 0.0462 e. The first-order valence-electron chi connectivity index (χ1n) is 6.91. The Bertz CT molecular complexity index is 148. The van der Waals surface area contributed by atoms with E-state index >= 15 is 0 Å². The third-order valence-corrected chi connectivity index (χ3v) is 3.28. The van der Waals surface area contributed by atoms with Crippen molar-refractivity contribution in [2.45, 2.75) is 64.7 Å². The van der Waals surface area contributed by atoms with Crippen LogP contribution in [0.15, 0.2) is 0 Å². The van der Waals surface area contributed by atoms with Crippen molar-refractivity contribution in [2.75, 3.05) is 19.6 Å². The Morgan fingerprint density at radius 2 is 1.44 bits per heavy atom. The fourth-order valence-corrected chi connectivity index (χ4v) is 2.30. The van der Waals surface area contributed by atoms with E-state index in [2.05, 4.69) is 18.4 Å². The minimum atomic E-state index is 1.37. The summed E-state index contributed by atoms with van der Waals surface area (Å²) in [7, 11) is 0. The zero-order chi connectivity index (χ0) is 12.1. The number of nitriles is 1. The normalized spacial score (nSPS) is 16.4.